The second-order valence-electron chi connectivity index (χ2n) is 3.85. The lowest BCUT2D eigenvalue weighted by Crippen LogP contribution is -2.27. The Hall–Kier alpha value is -0.390. The monoisotopic (exact) mass is 377 g/mol. The second kappa shape index (κ2) is 8.67. The fourth-order valence-corrected chi connectivity index (χ4v) is 2.58. The van der Waals surface area contributed by atoms with E-state index in [1.807, 2.05) is 12.1 Å². The largest absolute Gasteiger partial charge is 0.380 e. The Morgan fingerprint density at radius 2 is 2.11 bits per heavy atom. The third-order valence-electron chi connectivity index (χ3n) is 2.35. The number of ether oxygens (including phenoxy) is 1. The van der Waals surface area contributed by atoms with Crippen molar-refractivity contribution in [2.75, 3.05) is 19.8 Å². The first-order valence-corrected chi connectivity index (χ1v) is 7.54. The Kier molecular flexibility index (Phi) is 7.54. The molecule has 1 rings (SSSR count). The third-order valence-corrected chi connectivity index (χ3v) is 3.50. The van der Waals surface area contributed by atoms with Crippen molar-refractivity contribution in [3.63, 3.8) is 0 Å². The van der Waals surface area contributed by atoms with Gasteiger partial charge in [-0.15, -0.1) is 0 Å². The van der Waals surface area contributed by atoms with E-state index >= 15 is 0 Å². The Morgan fingerprint density at radius 3 is 2.78 bits per heavy atom. The van der Waals surface area contributed by atoms with Gasteiger partial charge in [-0.3, -0.25) is 4.79 Å². The molecular weight excluding hydrogens is 362 g/mol. The lowest BCUT2D eigenvalue weighted by molar-refractivity contribution is 0.0912. The molecule has 18 heavy (non-hydrogen) atoms. The van der Waals surface area contributed by atoms with Crippen molar-refractivity contribution in [3.05, 3.63) is 32.7 Å². The highest BCUT2D eigenvalue weighted by Gasteiger charge is 2.09. The first-order valence-electron chi connectivity index (χ1n) is 5.96. The fraction of sp³-hybridized carbons (Fsp3) is 0.462. The molecule has 1 aromatic carbocycles. The molecule has 0 aliphatic heterocycles. The van der Waals surface area contributed by atoms with Gasteiger partial charge in [0.1, 0.15) is 0 Å². The molecular formula is C13H17Br2NO2. The maximum absolute atomic E-state index is 11.9. The van der Waals surface area contributed by atoms with Crippen LogP contribution in [0.5, 0.6) is 0 Å². The summed E-state index contributed by atoms with van der Waals surface area (Å²) in [5.74, 6) is -0.0894. The molecule has 0 radical (unpaired) electrons. The number of benzene rings is 1. The number of carbonyl (C=O) groups excluding carboxylic acids is 1. The number of unbranched alkanes of at least 4 members (excludes halogenated alkanes) is 1. The highest BCUT2D eigenvalue weighted by Crippen LogP contribution is 2.21. The molecule has 0 heterocycles. The van der Waals surface area contributed by atoms with Gasteiger partial charge in [0.25, 0.3) is 5.91 Å². The average Bonchev–Trinajstić information content (AvgIpc) is 2.33. The fourth-order valence-electron chi connectivity index (χ4n) is 1.35. The molecule has 1 amide bonds. The topological polar surface area (TPSA) is 38.3 Å². The highest BCUT2D eigenvalue weighted by molar-refractivity contribution is 9.11. The van der Waals surface area contributed by atoms with Crippen molar-refractivity contribution in [2.24, 2.45) is 0 Å². The van der Waals surface area contributed by atoms with Gasteiger partial charge in [-0.1, -0.05) is 29.3 Å². The van der Waals surface area contributed by atoms with Crippen LogP contribution in [0.4, 0.5) is 0 Å². The van der Waals surface area contributed by atoms with Crippen LogP contribution >= 0.6 is 31.9 Å². The SMILES string of the molecule is CCCCOCCNC(=O)c1ccc(Br)cc1Br. The van der Waals surface area contributed by atoms with Crippen molar-refractivity contribution in [1.29, 1.82) is 0 Å². The summed E-state index contributed by atoms with van der Waals surface area (Å²) in [5, 5.41) is 2.83. The Bertz CT molecular complexity index is 397. The van der Waals surface area contributed by atoms with Crippen LogP contribution in [-0.4, -0.2) is 25.7 Å². The first kappa shape index (κ1) is 15.7. The van der Waals surface area contributed by atoms with Crippen LogP contribution in [0.3, 0.4) is 0 Å². The number of amides is 1. The van der Waals surface area contributed by atoms with Crippen molar-refractivity contribution in [3.8, 4) is 0 Å². The summed E-state index contributed by atoms with van der Waals surface area (Å²) >= 11 is 6.72. The molecule has 0 atom stereocenters. The van der Waals surface area contributed by atoms with Gasteiger partial charge in [0, 0.05) is 22.1 Å². The molecule has 0 spiro atoms. The molecule has 0 saturated heterocycles. The molecule has 0 aliphatic carbocycles. The predicted molar refractivity (Wildman–Crippen MR) is 79.9 cm³/mol. The molecule has 0 fully saturated rings. The van der Waals surface area contributed by atoms with E-state index < -0.39 is 0 Å². The zero-order valence-electron chi connectivity index (χ0n) is 10.3. The van der Waals surface area contributed by atoms with E-state index in [-0.39, 0.29) is 5.91 Å². The number of halogens is 2. The van der Waals surface area contributed by atoms with E-state index in [1.165, 1.54) is 0 Å². The van der Waals surface area contributed by atoms with Gasteiger partial charge in [-0.05, 0) is 40.5 Å². The normalized spacial score (nSPS) is 10.4. The zero-order chi connectivity index (χ0) is 13.4. The quantitative estimate of drug-likeness (QED) is 0.733. The standard InChI is InChI=1S/C13H17Br2NO2/c1-2-3-7-18-8-6-16-13(17)11-5-4-10(14)9-12(11)15/h4-5,9H,2-3,6-8H2,1H3,(H,16,17). The molecule has 0 aliphatic rings. The van der Waals surface area contributed by atoms with Crippen LogP contribution in [0, 0.1) is 0 Å². The van der Waals surface area contributed by atoms with Crippen LogP contribution in [0.15, 0.2) is 27.1 Å². The number of rotatable bonds is 7. The summed E-state index contributed by atoms with van der Waals surface area (Å²) in [6.07, 6.45) is 2.18. The first-order chi connectivity index (χ1) is 8.65. The van der Waals surface area contributed by atoms with Gasteiger partial charge in [0.05, 0.1) is 12.2 Å². The number of hydrogen-bond donors (Lipinski definition) is 1. The highest BCUT2D eigenvalue weighted by atomic mass is 79.9. The van der Waals surface area contributed by atoms with Gasteiger partial charge in [0.15, 0.2) is 0 Å². The van der Waals surface area contributed by atoms with Gasteiger partial charge >= 0.3 is 0 Å². The summed E-state index contributed by atoms with van der Waals surface area (Å²) in [6, 6.07) is 5.48. The minimum atomic E-state index is -0.0894. The van der Waals surface area contributed by atoms with E-state index in [9.17, 15) is 4.79 Å². The third kappa shape index (κ3) is 5.50. The Labute approximate surface area is 125 Å². The Balaban J connectivity index is 2.32. The maximum Gasteiger partial charge on any atom is 0.252 e. The number of carbonyl (C=O) groups is 1. The molecule has 0 saturated carbocycles. The average molecular weight is 379 g/mol. The summed E-state index contributed by atoms with van der Waals surface area (Å²) in [4.78, 5) is 11.9. The maximum atomic E-state index is 11.9. The molecule has 1 aromatic rings. The summed E-state index contributed by atoms with van der Waals surface area (Å²) in [5.41, 5.74) is 0.631. The minimum absolute atomic E-state index is 0.0894. The van der Waals surface area contributed by atoms with Gasteiger partial charge < -0.3 is 10.1 Å². The zero-order valence-corrected chi connectivity index (χ0v) is 13.5. The molecule has 0 unspecified atom stereocenters. The van der Waals surface area contributed by atoms with Crippen molar-refractivity contribution >= 4 is 37.8 Å². The van der Waals surface area contributed by atoms with E-state index in [2.05, 4.69) is 44.1 Å². The molecule has 5 heteroatoms. The van der Waals surface area contributed by atoms with Crippen molar-refractivity contribution in [2.45, 2.75) is 19.8 Å². The van der Waals surface area contributed by atoms with Crippen LogP contribution in [0.2, 0.25) is 0 Å². The predicted octanol–water partition coefficient (Wildman–Crippen LogP) is 3.76. The van der Waals surface area contributed by atoms with E-state index in [4.69, 9.17) is 4.74 Å². The minimum Gasteiger partial charge on any atom is -0.380 e. The van der Waals surface area contributed by atoms with Crippen LogP contribution in [-0.2, 0) is 4.74 Å². The molecule has 3 nitrogen and oxygen atoms in total. The second-order valence-corrected chi connectivity index (χ2v) is 5.62. The summed E-state index contributed by atoms with van der Waals surface area (Å²) in [7, 11) is 0. The van der Waals surface area contributed by atoms with Gasteiger partial charge in [-0.2, -0.15) is 0 Å². The van der Waals surface area contributed by atoms with Crippen LogP contribution in [0.1, 0.15) is 30.1 Å². The molecule has 0 bridgehead atoms. The van der Waals surface area contributed by atoms with E-state index in [0.717, 1.165) is 28.4 Å². The number of hydrogen-bond acceptors (Lipinski definition) is 2. The molecule has 1 N–H and O–H groups in total. The van der Waals surface area contributed by atoms with E-state index in [1.54, 1.807) is 6.07 Å². The molecule has 100 valence electrons. The number of nitrogens with one attached hydrogen (secondary N) is 1. The summed E-state index contributed by atoms with van der Waals surface area (Å²) < 4.78 is 7.09. The van der Waals surface area contributed by atoms with Gasteiger partial charge in [0.2, 0.25) is 0 Å². The summed E-state index contributed by atoms with van der Waals surface area (Å²) in [6.45, 7) is 3.97. The molecule has 0 aromatic heterocycles. The van der Waals surface area contributed by atoms with E-state index in [0.29, 0.717) is 18.7 Å². The van der Waals surface area contributed by atoms with Crippen LogP contribution < -0.4 is 5.32 Å². The Morgan fingerprint density at radius 1 is 1.33 bits per heavy atom. The smallest absolute Gasteiger partial charge is 0.252 e. The lowest BCUT2D eigenvalue weighted by Gasteiger charge is -2.07. The van der Waals surface area contributed by atoms with Crippen molar-refractivity contribution in [1.82, 2.24) is 5.32 Å². The lowest BCUT2D eigenvalue weighted by atomic mass is 10.2. The van der Waals surface area contributed by atoms with Gasteiger partial charge in [-0.25, -0.2) is 0 Å². The van der Waals surface area contributed by atoms with Crippen molar-refractivity contribution < 1.29 is 9.53 Å². The van der Waals surface area contributed by atoms with Crippen LogP contribution in [0.25, 0.3) is 0 Å².